The second kappa shape index (κ2) is 9.46. The third-order valence-corrected chi connectivity index (χ3v) is 10.4. The van der Waals surface area contributed by atoms with Gasteiger partial charge in [-0.1, -0.05) is 57.1 Å². The lowest BCUT2D eigenvalue weighted by Gasteiger charge is -2.54. The molecule has 0 radical (unpaired) electrons. The molecule has 0 bridgehead atoms. The first-order chi connectivity index (χ1) is 14.3. The van der Waals surface area contributed by atoms with Gasteiger partial charge in [-0.25, -0.2) is 0 Å². The molecule has 29 heavy (non-hydrogen) atoms. The highest BCUT2D eigenvalue weighted by molar-refractivity contribution is 5.04. The number of allylic oxidation sites excluding steroid dienone is 2. The molecule has 164 valence electrons. The molecule has 5 aliphatic rings. The molecule has 0 aromatic rings. The smallest absolute Gasteiger partial charge is 0.00700 e. The van der Waals surface area contributed by atoms with Crippen molar-refractivity contribution in [3.05, 3.63) is 12.2 Å². The Bertz CT molecular complexity index is 547. The summed E-state index contributed by atoms with van der Waals surface area (Å²) in [5.74, 6) is 7.78. The Kier molecular flexibility index (Phi) is 6.71. The summed E-state index contributed by atoms with van der Waals surface area (Å²) in [5, 5.41) is 0. The molecule has 0 aromatic carbocycles. The summed E-state index contributed by atoms with van der Waals surface area (Å²) in [6.45, 7) is 0. The maximum absolute atomic E-state index is 6.64. The van der Waals surface area contributed by atoms with Gasteiger partial charge in [-0.05, 0) is 112 Å². The summed E-state index contributed by atoms with van der Waals surface area (Å²) >= 11 is 0. The van der Waals surface area contributed by atoms with Crippen LogP contribution in [0.3, 0.4) is 0 Å². The fourth-order valence-corrected chi connectivity index (χ4v) is 9.06. The van der Waals surface area contributed by atoms with E-state index in [-0.39, 0.29) is 0 Å². The predicted molar refractivity (Wildman–Crippen MR) is 124 cm³/mol. The zero-order chi connectivity index (χ0) is 19.6. The van der Waals surface area contributed by atoms with E-state index in [0.29, 0.717) is 6.04 Å². The van der Waals surface area contributed by atoms with Crippen molar-refractivity contribution in [3.8, 4) is 0 Å². The normalized spacial score (nSPS) is 46.9. The van der Waals surface area contributed by atoms with Crippen molar-refractivity contribution in [2.24, 2.45) is 53.1 Å². The van der Waals surface area contributed by atoms with Crippen LogP contribution in [0, 0.1) is 47.3 Å². The molecule has 1 nitrogen and oxygen atoms in total. The van der Waals surface area contributed by atoms with E-state index in [4.69, 9.17) is 5.73 Å². The SMILES string of the molecule is NC1CCC(C2CCC(/C=C/C3CCCCC3)C3CCCCC32)C2CCCCC12. The van der Waals surface area contributed by atoms with Gasteiger partial charge in [-0.2, -0.15) is 0 Å². The van der Waals surface area contributed by atoms with Crippen molar-refractivity contribution in [2.75, 3.05) is 0 Å². The molecule has 5 rings (SSSR count). The first-order valence-electron chi connectivity index (χ1n) is 13.7. The van der Waals surface area contributed by atoms with Crippen molar-refractivity contribution in [1.29, 1.82) is 0 Å². The maximum atomic E-state index is 6.64. The zero-order valence-electron chi connectivity index (χ0n) is 18.9. The third-order valence-electron chi connectivity index (χ3n) is 10.4. The van der Waals surface area contributed by atoms with E-state index >= 15 is 0 Å². The van der Waals surface area contributed by atoms with E-state index in [0.717, 1.165) is 47.3 Å². The number of rotatable bonds is 3. The molecule has 0 amide bonds. The van der Waals surface area contributed by atoms with E-state index in [1.807, 2.05) is 0 Å². The van der Waals surface area contributed by atoms with Gasteiger partial charge in [0.1, 0.15) is 0 Å². The topological polar surface area (TPSA) is 26.0 Å². The highest BCUT2D eigenvalue weighted by Gasteiger charge is 2.48. The lowest BCUT2D eigenvalue weighted by Crippen LogP contribution is -2.49. The van der Waals surface area contributed by atoms with Gasteiger partial charge < -0.3 is 5.73 Å². The Morgan fingerprint density at radius 3 is 1.66 bits per heavy atom. The van der Waals surface area contributed by atoms with Crippen LogP contribution in [0.15, 0.2) is 12.2 Å². The fourth-order valence-electron chi connectivity index (χ4n) is 9.06. The quantitative estimate of drug-likeness (QED) is 0.490. The average Bonchev–Trinajstić information content (AvgIpc) is 2.79. The lowest BCUT2D eigenvalue weighted by molar-refractivity contribution is -0.0275. The van der Waals surface area contributed by atoms with Crippen LogP contribution in [0.2, 0.25) is 0 Å². The molecule has 5 aliphatic carbocycles. The molecule has 8 atom stereocenters. The van der Waals surface area contributed by atoms with E-state index in [1.54, 1.807) is 6.42 Å². The van der Waals surface area contributed by atoms with E-state index in [2.05, 4.69) is 12.2 Å². The molecular formula is C28H47N. The molecule has 5 fully saturated rings. The number of nitrogens with two attached hydrogens (primary N) is 1. The number of hydrogen-bond donors (Lipinski definition) is 1. The predicted octanol–water partition coefficient (Wildman–Crippen LogP) is 7.50. The summed E-state index contributed by atoms with van der Waals surface area (Å²) in [6.07, 6.45) is 30.6. The van der Waals surface area contributed by atoms with Crippen molar-refractivity contribution in [2.45, 2.75) is 115 Å². The maximum Gasteiger partial charge on any atom is 0.00700 e. The molecule has 5 saturated carbocycles. The van der Waals surface area contributed by atoms with Crippen LogP contribution in [-0.4, -0.2) is 6.04 Å². The Labute approximate surface area is 180 Å². The first-order valence-corrected chi connectivity index (χ1v) is 13.7. The molecule has 1 heteroatoms. The Hall–Kier alpha value is -0.300. The standard InChI is InChI=1S/C28H47N/c29-28-19-18-26(24-12-6-7-13-27(24)28)25-17-16-21(22-10-4-5-11-23(22)25)15-14-20-8-2-1-3-9-20/h14-15,20-28H,1-13,16-19,29H2/b15-14+. The third kappa shape index (κ3) is 4.37. The zero-order valence-corrected chi connectivity index (χ0v) is 18.9. The Balaban J connectivity index is 1.29. The minimum Gasteiger partial charge on any atom is -0.327 e. The highest BCUT2D eigenvalue weighted by atomic mass is 14.7. The van der Waals surface area contributed by atoms with Crippen molar-refractivity contribution >= 4 is 0 Å². The average molecular weight is 398 g/mol. The summed E-state index contributed by atoms with van der Waals surface area (Å²) < 4.78 is 0. The summed E-state index contributed by atoms with van der Waals surface area (Å²) in [5.41, 5.74) is 6.64. The molecule has 0 spiro atoms. The van der Waals surface area contributed by atoms with Crippen molar-refractivity contribution in [1.82, 2.24) is 0 Å². The fraction of sp³-hybridized carbons (Fsp3) is 0.929. The second-order valence-corrected chi connectivity index (χ2v) is 11.8. The molecule has 0 aromatic heterocycles. The van der Waals surface area contributed by atoms with E-state index in [9.17, 15) is 0 Å². The largest absolute Gasteiger partial charge is 0.327 e. The summed E-state index contributed by atoms with van der Waals surface area (Å²) in [7, 11) is 0. The van der Waals surface area contributed by atoms with E-state index < -0.39 is 0 Å². The minimum atomic E-state index is 0.522. The van der Waals surface area contributed by atoms with Crippen LogP contribution in [-0.2, 0) is 0 Å². The number of hydrogen-bond acceptors (Lipinski definition) is 1. The first kappa shape index (κ1) is 20.6. The summed E-state index contributed by atoms with van der Waals surface area (Å²) in [4.78, 5) is 0. The number of fused-ring (bicyclic) bond motifs is 2. The van der Waals surface area contributed by atoms with Gasteiger partial charge in [0, 0.05) is 6.04 Å². The van der Waals surface area contributed by atoms with Crippen LogP contribution in [0.5, 0.6) is 0 Å². The highest BCUT2D eigenvalue weighted by Crippen LogP contribution is 2.55. The molecule has 0 heterocycles. The van der Waals surface area contributed by atoms with Gasteiger partial charge >= 0.3 is 0 Å². The van der Waals surface area contributed by atoms with Crippen LogP contribution in [0.1, 0.15) is 109 Å². The van der Waals surface area contributed by atoms with Gasteiger partial charge in [0.05, 0.1) is 0 Å². The molecule has 0 aliphatic heterocycles. The van der Waals surface area contributed by atoms with Crippen LogP contribution in [0.25, 0.3) is 0 Å². The Morgan fingerprint density at radius 2 is 0.931 bits per heavy atom. The second-order valence-electron chi connectivity index (χ2n) is 11.8. The molecule has 2 N–H and O–H groups in total. The molecule has 8 unspecified atom stereocenters. The van der Waals surface area contributed by atoms with Crippen molar-refractivity contribution in [3.63, 3.8) is 0 Å². The van der Waals surface area contributed by atoms with Crippen molar-refractivity contribution < 1.29 is 0 Å². The lowest BCUT2D eigenvalue weighted by atomic mass is 9.52. The van der Waals surface area contributed by atoms with E-state index in [1.165, 1.54) is 103 Å². The minimum absolute atomic E-state index is 0.522. The van der Waals surface area contributed by atoms with Gasteiger partial charge in [0.25, 0.3) is 0 Å². The van der Waals surface area contributed by atoms with Crippen LogP contribution in [0.4, 0.5) is 0 Å². The monoisotopic (exact) mass is 397 g/mol. The Morgan fingerprint density at radius 1 is 0.414 bits per heavy atom. The van der Waals surface area contributed by atoms with Gasteiger partial charge in [0.15, 0.2) is 0 Å². The molecular weight excluding hydrogens is 350 g/mol. The van der Waals surface area contributed by atoms with Gasteiger partial charge in [-0.15, -0.1) is 0 Å². The van der Waals surface area contributed by atoms with Gasteiger partial charge in [0.2, 0.25) is 0 Å². The molecule has 0 saturated heterocycles. The van der Waals surface area contributed by atoms with Gasteiger partial charge in [-0.3, -0.25) is 0 Å². The van der Waals surface area contributed by atoms with Crippen LogP contribution >= 0.6 is 0 Å². The van der Waals surface area contributed by atoms with Crippen LogP contribution < -0.4 is 5.73 Å². The summed E-state index contributed by atoms with van der Waals surface area (Å²) in [6, 6.07) is 0.522.